The van der Waals surface area contributed by atoms with Gasteiger partial charge < -0.3 is 14.5 Å². The summed E-state index contributed by atoms with van der Waals surface area (Å²) in [6, 6.07) is 6.37. The molecule has 10 nitrogen and oxygen atoms in total. The van der Waals surface area contributed by atoms with Gasteiger partial charge in [0, 0.05) is 64.2 Å². The molecule has 1 N–H and O–H groups in total. The fraction of sp³-hybridized carbons (Fsp3) is 0.655. The first-order valence-electron chi connectivity index (χ1n) is 14.3. The number of imide groups is 1. The van der Waals surface area contributed by atoms with Crippen molar-refractivity contribution in [1.29, 1.82) is 0 Å². The Bertz CT molecular complexity index is 1240. The third-order valence-electron chi connectivity index (χ3n) is 8.25. The Hall–Kier alpha value is -3.14. The van der Waals surface area contributed by atoms with Crippen LogP contribution in [-0.4, -0.2) is 88.4 Å². The van der Waals surface area contributed by atoms with Crippen LogP contribution in [0.2, 0.25) is 0 Å². The Labute approximate surface area is 230 Å². The predicted molar refractivity (Wildman–Crippen MR) is 150 cm³/mol. The number of piperazine rings is 1. The van der Waals surface area contributed by atoms with Crippen molar-refractivity contribution in [3.8, 4) is 0 Å². The number of rotatable bonds is 4. The lowest BCUT2D eigenvalue weighted by molar-refractivity contribution is -0.134. The number of hydrogen-bond acceptors (Lipinski definition) is 7. The molecule has 3 fully saturated rings. The number of ether oxygens (including phenoxy) is 1. The summed E-state index contributed by atoms with van der Waals surface area (Å²) in [7, 11) is 1.94. The summed E-state index contributed by atoms with van der Waals surface area (Å²) in [5, 5.41) is 8.22. The lowest BCUT2D eigenvalue weighted by Gasteiger charge is -2.42. The summed E-state index contributed by atoms with van der Waals surface area (Å²) >= 11 is 0. The molecule has 0 aliphatic carbocycles. The maximum Gasteiger partial charge on any atom is 0.410 e. The summed E-state index contributed by atoms with van der Waals surface area (Å²) in [6.45, 7) is 13.3. The van der Waals surface area contributed by atoms with Gasteiger partial charge >= 0.3 is 6.09 Å². The molecule has 2 aromatic rings. The van der Waals surface area contributed by atoms with Gasteiger partial charge in [0.15, 0.2) is 0 Å². The third-order valence-corrected chi connectivity index (χ3v) is 8.25. The van der Waals surface area contributed by atoms with Crippen molar-refractivity contribution < 1.29 is 19.1 Å². The normalized spacial score (nSPS) is 23.8. The fourth-order valence-electron chi connectivity index (χ4n) is 6.32. The number of aryl methyl sites for hydroxylation is 1. The van der Waals surface area contributed by atoms with Crippen LogP contribution in [0.1, 0.15) is 65.0 Å². The highest BCUT2D eigenvalue weighted by Gasteiger charge is 2.34. The Morgan fingerprint density at radius 3 is 2.51 bits per heavy atom. The zero-order valence-electron chi connectivity index (χ0n) is 23.9. The van der Waals surface area contributed by atoms with Gasteiger partial charge in [-0.25, -0.2) is 4.79 Å². The molecule has 0 spiro atoms. The van der Waals surface area contributed by atoms with Gasteiger partial charge in [-0.05, 0) is 58.9 Å². The van der Waals surface area contributed by atoms with E-state index in [0.29, 0.717) is 25.3 Å². The van der Waals surface area contributed by atoms with E-state index in [2.05, 4.69) is 28.1 Å². The number of carbonyl (C=O) groups excluding carboxylic acids is 3. The van der Waals surface area contributed by atoms with Gasteiger partial charge in [-0.2, -0.15) is 5.10 Å². The van der Waals surface area contributed by atoms with Gasteiger partial charge in [0.05, 0.1) is 22.8 Å². The van der Waals surface area contributed by atoms with E-state index < -0.39 is 11.5 Å². The van der Waals surface area contributed by atoms with E-state index in [-0.39, 0.29) is 23.9 Å². The Kier molecular flexibility index (Phi) is 7.59. The van der Waals surface area contributed by atoms with Crippen LogP contribution in [0.25, 0.3) is 10.9 Å². The fourth-order valence-corrected chi connectivity index (χ4v) is 6.32. The van der Waals surface area contributed by atoms with Crippen molar-refractivity contribution >= 4 is 34.5 Å². The van der Waals surface area contributed by atoms with E-state index in [4.69, 9.17) is 9.84 Å². The number of nitrogens with zero attached hydrogens (tertiary/aromatic N) is 5. The number of carbonyl (C=O) groups is 3. The van der Waals surface area contributed by atoms with Crippen LogP contribution in [0, 0.1) is 5.92 Å². The topological polar surface area (TPSA) is 100 Å². The van der Waals surface area contributed by atoms with Crippen molar-refractivity contribution in [2.45, 2.75) is 70.9 Å². The first-order valence-corrected chi connectivity index (χ1v) is 14.3. The highest BCUT2D eigenvalue weighted by Crippen LogP contribution is 2.36. The van der Waals surface area contributed by atoms with Crippen molar-refractivity contribution in [1.82, 2.24) is 24.9 Å². The molecule has 1 aromatic heterocycles. The van der Waals surface area contributed by atoms with Crippen molar-refractivity contribution in [3.63, 3.8) is 0 Å². The maximum absolute atomic E-state index is 12.6. The minimum atomic E-state index is -0.478. The highest BCUT2D eigenvalue weighted by molar-refractivity contribution is 6.03. The van der Waals surface area contributed by atoms with E-state index in [1.165, 1.54) is 0 Å². The number of benzene rings is 1. The number of anilines is 1. The second-order valence-electron chi connectivity index (χ2n) is 12.4. The summed E-state index contributed by atoms with van der Waals surface area (Å²) in [5.74, 6) is -0.241. The average Bonchev–Trinajstić information content (AvgIpc) is 3.20. The minimum absolute atomic E-state index is 0.134. The molecule has 212 valence electrons. The molecule has 1 aromatic carbocycles. The zero-order chi connectivity index (χ0) is 27.9. The van der Waals surface area contributed by atoms with Crippen LogP contribution in [0.5, 0.6) is 0 Å². The molecule has 3 amide bonds. The number of amides is 3. The number of para-hydroxylation sites is 1. The Morgan fingerprint density at radius 2 is 1.85 bits per heavy atom. The zero-order valence-corrected chi connectivity index (χ0v) is 23.9. The molecule has 3 saturated heterocycles. The molecular weight excluding hydrogens is 496 g/mol. The number of piperidine rings is 2. The molecule has 1 unspecified atom stereocenters. The van der Waals surface area contributed by atoms with Crippen LogP contribution >= 0.6 is 0 Å². The van der Waals surface area contributed by atoms with Gasteiger partial charge in [0.25, 0.3) is 0 Å². The first kappa shape index (κ1) is 27.4. The molecule has 2 atom stereocenters. The standard InChI is InChI=1S/C29H42N6O4/c1-19-17-33(15-16-35(19)28(38)39-29(2,3)4)18-20-11-13-34(14-12-20)23-8-6-7-21-25(31-32(5)26(21)23)22-9-10-24(36)30-27(22)37/h6-8,19-20,22H,9-18H2,1-5H3,(H,30,36,37)/t19-,22?/m1/s1. The van der Waals surface area contributed by atoms with Crippen LogP contribution in [0.15, 0.2) is 18.2 Å². The third kappa shape index (κ3) is 5.90. The SMILES string of the molecule is C[C@@H]1CN(CC2CCN(c3cccc4c(C5CCC(=O)NC5=O)nn(C)c34)CC2)CCN1C(=O)OC(C)(C)C. The van der Waals surface area contributed by atoms with Gasteiger partial charge in [-0.1, -0.05) is 12.1 Å². The van der Waals surface area contributed by atoms with E-state index >= 15 is 0 Å². The Morgan fingerprint density at radius 1 is 1.10 bits per heavy atom. The number of nitrogens with one attached hydrogen (secondary N) is 1. The number of aromatic nitrogens is 2. The van der Waals surface area contributed by atoms with Crippen molar-refractivity contribution in [2.24, 2.45) is 13.0 Å². The summed E-state index contributed by atoms with van der Waals surface area (Å²) in [6.07, 6.45) is 2.84. The van der Waals surface area contributed by atoms with Gasteiger partial charge in [-0.3, -0.25) is 24.5 Å². The quantitative estimate of drug-likeness (QED) is 0.597. The summed E-state index contributed by atoms with van der Waals surface area (Å²) in [4.78, 5) is 43.6. The van der Waals surface area contributed by atoms with Crippen LogP contribution in [0.3, 0.4) is 0 Å². The summed E-state index contributed by atoms with van der Waals surface area (Å²) < 4.78 is 7.48. The smallest absolute Gasteiger partial charge is 0.410 e. The van der Waals surface area contributed by atoms with E-state index in [1.54, 1.807) is 0 Å². The molecule has 39 heavy (non-hydrogen) atoms. The van der Waals surface area contributed by atoms with E-state index in [0.717, 1.165) is 67.8 Å². The lowest BCUT2D eigenvalue weighted by atomic mass is 9.92. The molecule has 10 heteroatoms. The molecule has 3 aliphatic rings. The monoisotopic (exact) mass is 538 g/mol. The van der Waals surface area contributed by atoms with Crippen LogP contribution in [-0.2, 0) is 21.4 Å². The highest BCUT2D eigenvalue weighted by atomic mass is 16.6. The predicted octanol–water partition coefficient (Wildman–Crippen LogP) is 3.25. The van der Waals surface area contributed by atoms with Crippen LogP contribution < -0.4 is 10.2 Å². The van der Waals surface area contributed by atoms with E-state index in [1.807, 2.05) is 49.5 Å². The Balaban J connectivity index is 1.20. The van der Waals surface area contributed by atoms with Gasteiger partial charge in [0.2, 0.25) is 11.8 Å². The minimum Gasteiger partial charge on any atom is -0.444 e. The first-order chi connectivity index (χ1) is 18.5. The van der Waals surface area contributed by atoms with E-state index in [9.17, 15) is 14.4 Å². The lowest BCUT2D eigenvalue weighted by Crippen LogP contribution is -2.56. The molecule has 0 radical (unpaired) electrons. The van der Waals surface area contributed by atoms with Crippen molar-refractivity contribution in [2.75, 3.05) is 44.2 Å². The molecule has 0 bridgehead atoms. The second-order valence-corrected chi connectivity index (χ2v) is 12.4. The van der Waals surface area contributed by atoms with Crippen LogP contribution in [0.4, 0.5) is 10.5 Å². The maximum atomic E-state index is 12.6. The molecule has 4 heterocycles. The number of fused-ring (bicyclic) bond motifs is 1. The molecule has 0 saturated carbocycles. The molecule has 3 aliphatic heterocycles. The molecule has 5 rings (SSSR count). The number of hydrogen-bond donors (Lipinski definition) is 1. The van der Waals surface area contributed by atoms with Gasteiger partial charge in [-0.15, -0.1) is 0 Å². The largest absolute Gasteiger partial charge is 0.444 e. The van der Waals surface area contributed by atoms with Gasteiger partial charge in [0.1, 0.15) is 5.60 Å². The molecular formula is C29H42N6O4. The second kappa shape index (κ2) is 10.8. The summed E-state index contributed by atoms with van der Waals surface area (Å²) in [5.41, 5.74) is 2.48. The van der Waals surface area contributed by atoms with Crippen molar-refractivity contribution in [3.05, 3.63) is 23.9 Å². The average molecular weight is 539 g/mol.